The summed E-state index contributed by atoms with van der Waals surface area (Å²) in [5.74, 6) is 0.644. The number of aliphatic hydroxyl groups excluding tert-OH is 1. The summed E-state index contributed by atoms with van der Waals surface area (Å²) in [5.41, 5.74) is -0.257. The molecule has 11 atom stereocenters. The quantitative estimate of drug-likeness (QED) is 0.526. The molecule has 33 heavy (non-hydrogen) atoms. The molecule has 2 N–H and O–H groups in total. The van der Waals surface area contributed by atoms with E-state index in [1.807, 2.05) is 0 Å². The van der Waals surface area contributed by atoms with Crippen molar-refractivity contribution in [3.8, 4) is 0 Å². The zero-order valence-corrected chi connectivity index (χ0v) is 20.2. The maximum Gasteiger partial charge on any atom is 0.303 e. The normalized spacial score (nSPS) is 47.4. The zero-order valence-electron chi connectivity index (χ0n) is 20.2. The molecule has 0 aliphatic heterocycles. The van der Waals surface area contributed by atoms with Crippen molar-refractivity contribution >= 4 is 18.9 Å². The van der Waals surface area contributed by atoms with Crippen molar-refractivity contribution in [1.29, 1.82) is 0 Å². The molecule has 4 fully saturated rings. The third-order valence-electron chi connectivity index (χ3n) is 10.7. The molecule has 0 bridgehead atoms. The predicted molar refractivity (Wildman–Crippen MR) is 120 cm³/mol. The van der Waals surface area contributed by atoms with Crippen LogP contribution in [0.15, 0.2) is 0 Å². The van der Waals surface area contributed by atoms with Gasteiger partial charge in [-0.15, -0.1) is 0 Å². The van der Waals surface area contributed by atoms with Crippen LogP contribution in [0.5, 0.6) is 0 Å². The topological polar surface area (TPSA) is 110 Å². The lowest BCUT2D eigenvalue weighted by molar-refractivity contribution is -0.217. The van der Waals surface area contributed by atoms with Crippen LogP contribution in [0.1, 0.15) is 78.6 Å². The maximum atomic E-state index is 11.6. The lowest BCUT2D eigenvalue weighted by Crippen LogP contribution is -2.63. The summed E-state index contributed by atoms with van der Waals surface area (Å²) in [7, 11) is 0. The number of hydrogen-bond acceptors (Lipinski definition) is 6. The molecule has 0 unspecified atom stereocenters. The fourth-order valence-corrected chi connectivity index (χ4v) is 9.12. The molecular formula is C26H40O7. The Morgan fingerprint density at radius 1 is 1.06 bits per heavy atom. The molecule has 7 heteroatoms. The molecule has 0 heterocycles. The van der Waals surface area contributed by atoms with Crippen molar-refractivity contribution < 1.29 is 34.1 Å². The summed E-state index contributed by atoms with van der Waals surface area (Å²) < 4.78 is 11.6. The Morgan fingerprint density at radius 2 is 1.79 bits per heavy atom. The molecule has 4 aliphatic rings. The van der Waals surface area contributed by atoms with Crippen LogP contribution in [-0.2, 0) is 23.9 Å². The number of ether oxygens (including phenoxy) is 2. The number of fused-ring (bicyclic) bond motifs is 5. The van der Waals surface area contributed by atoms with Crippen molar-refractivity contribution in [1.82, 2.24) is 0 Å². The van der Waals surface area contributed by atoms with Crippen LogP contribution in [0, 0.1) is 46.3 Å². The summed E-state index contributed by atoms with van der Waals surface area (Å²) in [6, 6.07) is 0. The minimum absolute atomic E-state index is 0.0193. The molecule has 7 nitrogen and oxygen atoms in total. The maximum absolute atomic E-state index is 11.6. The van der Waals surface area contributed by atoms with Gasteiger partial charge in [-0.25, -0.2) is 0 Å². The highest BCUT2D eigenvalue weighted by atomic mass is 16.5. The van der Waals surface area contributed by atoms with Gasteiger partial charge in [0.25, 0.3) is 12.9 Å². The Bertz CT molecular complexity index is 755. The zero-order chi connectivity index (χ0) is 24.0. The number of carbonyl (C=O) groups is 3. The Hall–Kier alpha value is -1.63. The average molecular weight is 465 g/mol. The van der Waals surface area contributed by atoms with Crippen molar-refractivity contribution in [2.45, 2.75) is 96.9 Å². The highest BCUT2D eigenvalue weighted by Gasteiger charge is 2.67. The molecular weight excluding hydrogens is 424 g/mol. The average Bonchev–Trinajstić information content (AvgIpc) is 3.12. The van der Waals surface area contributed by atoms with Gasteiger partial charge >= 0.3 is 5.97 Å². The fraction of sp³-hybridized carbons (Fsp3) is 0.885. The van der Waals surface area contributed by atoms with E-state index in [2.05, 4.69) is 20.8 Å². The van der Waals surface area contributed by atoms with Gasteiger partial charge in [0.2, 0.25) is 0 Å². The van der Waals surface area contributed by atoms with Crippen LogP contribution in [0.4, 0.5) is 0 Å². The van der Waals surface area contributed by atoms with E-state index >= 15 is 0 Å². The van der Waals surface area contributed by atoms with Crippen LogP contribution in [-0.4, -0.2) is 47.4 Å². The molecule has 4 saturated carbocycles. The van der Waals surface area contributed by atoms with Crippen molar-refractivity contribution in [2.75, 3.05) is 0 Å². The van der Waals surface area contributed by atoms with Gasteiger partial charge in [-0.3, -0.25) is 14.4 Å². The van der Waals surface area contributed by atoms with Gasteiger partial charge in [0.1, 0.15) is 12.2 Å². The highest BCUT2D eigenvalue weighted by molar-refractivity contribution is 5.66. The van der Waals surface area contributed by atoms with E-state index < -0.39 is 5.97 Å². The van der Waals surface area contributed by atoms with Crippen LogP contribution >= 0.6 is 0 Å². The van der Waals surface area contributed by atoms with E-state index in [0.717, 1.165) is 44.9 Å². The fourth-order valence-electron chi connectivity index (χ4n) is 9.12. The molecule has 0 aromatic heterocycles. The number of carboxylic acids is 1. The van der Waals surface area contributed by atoms with Gasteiger partial charge in [-0.1, -0.05) is 20.8 Å². The van der Waals surface area contributed by atoms with Crippen molar-refractivity contribution in [2.24, 2.45) is 46.3 Å². The minimum atomic E-state index is -0.781. The number of carboxylic acid groups (broad SMARTS) is 1. The van der Waals surface area contributed by atoms with E-state index in [-0.39, 0.29) is 71.1 Å². The number of aliphatic carboxylic acids is 1. The second-order valence-electron chi connectivity index (χ2n) is 11.8. The van der Waals surface area contributed by atoms with Gasteiger partial charge in [0.05, 0.1) is 6.10 Å². The van der Waals surface area contributed by atoms with Crippen LogP contribution in [0.25, 0.3) is 0 Å². The molecule has 186 valence electrons. The third-order valence-corrected chi connectivity index (χ3v) is 10.7. The SMILES string of the molecule is C[C@H](CCC(=O)O)[C@@H]1CC[C@@H]2[C@H]3[C@H](OC=O)C[C@@H]4C[C@H](O)CC[C@@]4(C)[C@H]3C[C@H](OC=O)[C@@]21C. The van der Waals surface area contributed by atoms with E-state index in [9.17, 15) is 24.6 Å². The summed E-state index contributed by atoms with van der Waals surface area (Å²) in [4.78, 5) is 34.3. The highest BCUT2D eigenvalue weighted by Crippen LogP contribution is 2.69. The molecule has 0 amide bonds. The van der Waals surface area contributed by atoms with Crippen molar-refractivity contribution in [3.63, 3.8) is 0 Å². The predicted octanol–water partition coefficient (Wildman–Crippen LogP) is 3.81. The van der Waals surface area contributed by atoms with Gasteiger partial charge in [0.15, 0.2) is 0 Å². The second kappa shape index (κ2) is 9.20. The summed E-state index contributed by atoms with van der Waals surface area (Å²) in [6.45, 7) is 7.86. The van der Waals surface area contributed by atoms with E-state index in [4.69, 9.17) is 9.47 Å². The number of carbonyl (C=O) groups excluding carboxylic acids is 2. The standard InChI is InChI=1S/C26H40O7/c1-15(4-7-23(30)31)18-5-6-19-24-20(12-22(33-14-28)26(18,19)3)25(2)9-8-17(29)10-16(25)11-21(24)32-13-27/h13-22,24,29H,4-12H2,1-3H3,(H,30,31)/t15-,16+,17-,18+,19-,20+,21-,22+,24-,25-,26-/m1/s1. The largest absolute Gasteiger partial charge is 0.481 e. The van der Waals surface area contributed by atoms with Crippen LogP contribution in [0.2, 0.25) is 0 Å². The first-order valence-corrected chi connectivity index (χ1v) is 12.7. The number of aliphatic hydroxyl groups is 1. The summed E-state index contributed by atoms with van der Waals surface area (Å²) in [5, 5.41) is 19.6. The first kappa shape index (κ1) is 24.5. The Balaban J connectivity index is 1.70. The molecule has 0 radical (unpaired) electrons. The summed E-state index contributed by atoms with van der Waals surface area (Å²) >= 11 is 0. The summed E-state index contributed by atoms with van der Waals surface area (Å²) in [6.07, 6.45) is 5.92. The Labute approximate surface area is 196 Å². The molecule has 0 spiro atoms. The van der Waals surface area contributed by atoms with Gasteiger partial charge in [0, 0.05) is 17.8 Å². The first-order valence-electron chi connectivity index (χ1n) is 12.7. The molecule has 4 aliphatic carbocycles. The smallest absolute Gasteiger partial charge is 0.303 e. The Kier molecular flexibility index (Phi) is 6.83. The van der Waals surface area contributed by atoms with E-state index in [1.165, 1.54) is 0 Å². The van der Waals surface area contributed by atoms with E-state index in [1.54, 1.807) is 0 Å². The Morgan fingerprint density at radius 3 is 2.45 bits per heavy atom. The van der Waals surface area contributed by atoms with Crippen molar-refractivity contribution in [3.05, 3.63) is 0 Å². The molecule has 0 aromatic rings. The van der Waals surface area contributed by atoms with Gasteiger partial charge < -0.3 is 19.7 Å². The van der Waals surface area contributed by atoms with Crippen LogP contribution < -0.4 is 0 Å². The lowest BCUT2D eigenvalue weighted by Gasteiger charge is -2.64. The monoisotopic (exact) mass is 464 g/mol. The van der Waals surface area contributed by atoms with E-state index in [0.29, 0.717) is 19.4 Å². The molecule has 0 aromatic carbocycles. The minimum Gasteiger partial charge on any atom is -0.481 e. The van der Waals surface area contributed by atoms with Gasteiger partial charge in [-0.05, 0) is 86.4 Å². The van der Waals surface area contributed by atoms with Gasteiger partial charge in [-0.2, -0.15) is 0 Å². The molecule has 0 saturated heterocycles. The lowest BCUT2D eigenvalue weighted by atomic mass is 9.43. The number of hydrogen-bond donors (Lipinski definition) is 2. The molecule has 4 rings (SSSR count). The second-order valence-corrected chi connectivity index (χ2v) is 11.8. The first-order chi connectivity index (χ1) is 15.7. The van der Waals surface area contributed by atoms with Crippen LogP contribution in [0.3, 0.4) is 0 Å². The third kappa shape index (κ3) is 3.98. The number of rotatable bonds is 8.